The summed E-state index contributed by atoms with van der Waals surface area (Å²) in [6.45, 7) is 0. The molecule has 10 heteroatoms. The fourth-order valence-electron chi connectivity index (χ4n) is 4.84. The molecule has 0 unspecified atom stereocenters. The van der Waals surface area contributed by atoms with E-state index in [1.807, 2.05) is 0 Å². The molecule has 0 spiro atoms. The third kappa shape index (κ3) is 4.73. The highest BCUT2D eigenvalue weighted by atomic mass is 16.6. The maximum atomic E-state index is 13.1. The number of nitro groups is 2. The molecule has 1 aliphatic carbocycles. The van der Waals surface area contributed by atoms with E-state index in [-0.39, 0.29) is 28.5 Å². The molecule has 0 amide bonds. The van der Waals surface area contributed by atoms with Crippen molar-refractivity contribution >= 4 is 40.0 Å². The number of ketones is 2. The first-order valence-electron chi connectivity index (χ1n) is 12.7. The number of carbonyl (C=O) groups excluding carboxylic acids is 2. The van der Waals surface area contributed by atoms with Crippen LogP contribution in [0.2, 0.25) is 0 Å². The normalized spacial score (nSPS) is 11.8. The van der Waals surface area contributed by atoms with Crippen LogP contribution in [0.4, 0.5) is 28.4 Å². The smallest absolute Gasteiger partial charge is 0.269 e. The maximum absolute atomic E-state index is 13.1. The van der Waals surface area contributed by atoms with Gasteiger partial charge in [0.15, 0.2) is 11.6 Å². The molecular weight excluding hydrogens is 538 g/mol. The highest BCUT2D eigenvalue weighted by Gasteiger charge is 2.29. The van der Waals surface area contributed by atoms with Gasteiger partial charge in [0.2, 0.25) is 0 Å². The van der Waals surface area contributed by atoms with Crippen LogP contribution in [0.3, 0.4) is 0 Å². The number of nitro benzene ring substituents is 2. The summed E-state index contributed by atoms with van der Waals surface area (Å²) in [5.74, 6) is 0.377. The van der Waals surface area contributed by atoms with Crippen molar-refractivity contribution < 1.29 is 24.2 Å². The van der Waals surface area contributed by atoms with Gasteiger partial charge >= 0.3 is 0 Å². The largest absolute Gasteiger partial charge is 0.457 e. The van der Waals surface area contributed by atoms with Gasteiger partial charge in [-0.25, -0.2) is 0 Å². The van der Waals surface area contributed by atoms with Gasteiger partial charge in [0.25, 0.3) is 11.4 Å². The molecule has 0 aromatic heterocycles. The molecular formula is C32H19N3O7. The van der Waals surface area contributed by atoms with Crippen molar-refractivity contribution in [2.24, 2.45) is 0 Å². The third-order valence-electron chi connectivity index (χ3n) is 6.86. The Kier molecular flexibility index (Phi) is 6.48. The Labute approximate surface area is 238 Å². The number of carbonyl (C=O) groups is 2. The van der Waals surface area contributed by atoms with Crippen molar-refractivity contribution in [1.82, 2.24) is 0 Å². The summed E-state index contributed by atoms with van der Waals surface area (Å²) < 4.78 is 6.01. The Morgan fingerprint density at radius 2 is 0.905 bits per heavy atom. The number of nitrogens with zero attached hydrogens (tertiary/aromatic N) is 3. The lowest BCUT2D eigenvalue weighted by atomic mass is 9.84. The summed E-state index contributed by atoms with van der Waals surface area (Å²) in [5, 5.41) is 22.3. The van der Waals surface area contributed by atoms with Crippen molar-refractivity contribution in [3.63, 3.8) is 0 Å². The minimum atomic E-state index is -0.491. The molecule has 0 aliphatic heterocycles. The van der Waals surface area contributed by atoms with Crippen molar-refractivity contribution in [3.05, 3.63) is 158 Å². The molecule has 0 fully saturated rings. The SMILES string of the molecule is O=C1c2ccccc2C(=O)c2cc(Oc3ccc(N(c4ccc([N+](=O)[O-])cc4)c4ccc([N+](=O)[O-])cc4)cc3)ccc21. The molecule has 0 saturated heterocycles. The molecule has 42 heavy (non-hydrogen) atoms. The van der Waals surface area contributed by atoms with Gasteiger partial charge in [-0.3, -0.25) is 29.8 Å². The summed E-state index contributed by atoms with van der Waals surface area (Å²) in [4.78, 5) is 49.1. The summed E-state index contributed by atoms with van der Waals surface area (Å²) in [6, 6.07) is 30.3. The number of non-ortho nitro benzene ring substituents is 2. The summed E-state index contributed by atoms with van der Waals surface area (Å²) >= 11 is 0. The zero-order valence-corrected chi connectivity index (χ0v) is 21.7. The van der Waals surface area contributed by atoms with Crippen molar-refractivity contribution in [3.8, 4) is 11.5 Å². The van der Waals surface area contributed by atoms with E-state index in [4.69, 9.17) is 4.74 Å². The Morgan fingerprint density at radius 1 is 0.500 bits per heavy atom. The predicted octanol–water partition coefficient (Wildman–Crippen LogP) is 7.54. The Balaban J connectivity index is 1.30. The van der Waals surface area contributed by atoms with E-state index >= 15 is 0 Å². The lowest BCUT2D eigenvalue weighted by molar-refractivity contribution is -0.385. The molecule has 5 aromatic carbocycles. The van der Waals surface area contributed by atoms with Crippen LogP contribution in [0.1, 0.15) is 31.8 Å². The van der Waals surface area contributed by atoms with Gasteiger partial charge in [-0.15, -0.1) is 0 Å². The first kappa shape index (κ1) is 26.1. The van der Waals surface area contributed by atoms with Crippen LogP contribution in [0, 0.1) is 20.2 Å². The Morgan fingerprint density at radius 3 is 1.38 bits per heavy atom. The molecule has 6 rings (SSSR count). The lowest BCUT2D eigenvalue weighted by Gasteiger charge is -2.25. The van der Waals surface area contributed by atoms with Crippen LogP contribution in [-0.4, -0.2) is 21.4 Å². The molecule has 0 atom stereocenters. The second-order valence-electron chi connectivity index (χ2n) is 9.39. The van der Waals surface area contributed by atoms with Gasteiger partial charge in [-0.1, -0.05) is 24.3 Å². The van der Waals surface area contributed by atoms with E-state index < -0.39 is 9.85 Å². The predicted molar refractivity (Wildman–Crippen MR) is 154 cm³/mol. The van der Waals surface area contributed by atoms with E-state index in [1.165, 1.54) is 24.3 Å². The average Bonchev–Trinajstić information content (AvgIpc) is 3.01. The van der Waals surface area contributed by atoms with Gasteiger partial charge in [-0.05, 0) is 66.7 Å². The van der Waals surface area contributed by atoms with Crippen LogP contribution in [0.25, 0.3) is 0 Å². The Hall–Kier alpha value is -6.16. The van der Waals surface area contributed by atoms with Crippen LogP contribution in [0.15, 0.2) is 115 Å². The topological polar surface area (TPSA) is 133 Å². The van der Waals surface area contributed by atoms with E-state index in [1.54, 1.807) is 95.9 Å². The molecule has 1 aliphatic rings. The number of benzene rings is 5. The van der Waals surface area contributed by atoms with E-state index in [2.05, 4.69) is 0 Å². The van der Waals surface area contributed by atoms with Crippen molar-refractivity contribution in [1.29, 1.82) is 0 Å². The highest BCUT2D eigenvalue weighted by molar-refractivity contribution is 6.28. The minimum Gasteiger partial charge on any atom is -0.457 e. The van der Waals surface area contributed by atoms with E-state index in [9.17, 15) is 29.8 Å². The maximum Gasteiger partial charge on any atom is 0.269 e. The third-order valence-corrected chi connectivity index (χ3v) is 6.86. The molecule has 0 N–H and O–H groups in total. The van der Waals surface area contributed by atoms with Gasteiger partial charge in [-0.2, -0.15) is 0 Å². The molecule has 0 radical (unpaired) electrons. The molecule has 10 nitrogen and oxygen atoms in total. The number of anilines is 3. The zero-order chi connectivity index (χ0) is 29.4. The number of hydrogen-bond acceptors (Lipinski definition) is 8. The number of fused-ring (bicyclic) bond motifs is 2. The van der Waals surface area contributed by atoms with Crippen LogP contribution in [0.5, 0.6) is 11.5 Å². The first-order chi connectivity index (χ1) is 20.3. The fraction of sp³-hybridized carbons (Fsp3) is 0. The molecule has 0 saturated carbocycles. The Bertz CT molecular complexity index is 1830. The van der Waals surface area contributed by atoms with E-state index in [0.29, 0.717) is 45.3 Å². The van der Waals surface area contributed by atoms with Gasteiger partial charge in [0.05, 0.1) is 9.85 Å². The minimum absolute atomic E-state index is 0.0696. The molecule has 204 valence electrons. The summed E-state index contributed by atoms with van der Waals surface area (Å²) in [7, 11) is 0. The van der Waals surface area contributed by atoms with E-state index in [0.717, 1.165) is 0 Å². The first-order valence-corrected chi connectivity index (χ1v) is 12.7. The zero-order valence-electron chi connectivity index (χ0n) is 21.7. The van der Waals surface area contributed by atoms with Gasteiger partial charge < -0.3 is 9.64 Å². The molecule has 0 heterocycles. The van der Waals surface area contributed by atoms with Gasteiger partial charge in [0, 0.05) is 63.6 Å². The molecule has 0 bridgehead atoms. The standard InChI is InChI=1S/C32H19N3O7/c36-31-27-3-1-2-4-28(27)32(37)30-19-26(17-18-29(30)31)42-25-15-13-22(14-16-25)33(20-5-9-23(10-6-20)34(38)39)21-7-11-24(12-8-21)35(40)41/h1-19H. The second-order valence-corrected chi connectivity index (χ2v) is 9.39. The molecule has 5 aromatic rings. The van der Waals surface area contributed by atoms with Crippen molar-refractivity contribution in [2.45, 2.75) is 0 Å². The van der Waals surface area contributed by atoms with Crippen LogP contribution >= 0.6 is 0 Å². The number of hydrogen-bond donors (Lipinski definition) is 0. The summed E-state index contributed by atoms with van der Waals surface area (Å²) in [5.41, 5.74) is 3.05. The van der Waals surface area contributed by atoms with Crippen molar-refractivity contribution in [2.75, 3.05) is 4.90 Å². The van der Waals surface area contributed by atoms with Gasteiger partial charge in [0.1, 0.15) is 11.5 Å². The number of ether oxygens (including phenoxy) is 1. The van der Waals surface area contributed by atoms with Crippen LogP contribution < -0.4 is 9.64 Å². The summed E-state index contributed by atoms with van der Waals surface area (Å²) in [6.07, 6.45) is 0. The average molecular weight is 558 g/mol. The monoisotopic (exact) mass is 557 g/mol. The quantitative estimate of drug-likeness (QED) is 0.145. The highest BCUT2D eigenvalue weighted by Crippen LogP contribution is 2.38. The fourth-order valence-corrected chi connectivity index (χ4v) is 4.84. The number of rotatable bonds is 7. The van der Waals surface area contributed by atoms with Crippen LogP contribution in [-0.2, 0) is 0 Å². The lowest BCUT2D eigenvalue weighted by Crippen LogP contribution is -2.20. The second kappa shape index (κ2) is 10.4.